The van der Waals surface area contributed by atoms with Gasteiger partial charge >= 0.3 is 0 Å². The molecule has 1 aliphatic carbocycles. The van der Waals surface area contributed by atoms with Crippen LogP contribution in [0.2, 0.25) is 0 Å². The minimum absolute atomic E-state index is 0.0474. The van der Waals surface area contributed by atoms with E-state index >= 15 is 0 Å². The molecule has 0 aromatic heterocycles. The molecule has 0 bridgehead atoms. The molecule has 1 fully saturated rings. The molecule has 0 aliphatic heterocycles. The highest BCUT2D eigenvalue weighted by molar-refractivity contribution is 5.79. The summed E-state index contributed by atoms with van der Waals surface area (Å²) in [5.41, 5.74) is 5.90. The van der Waals surface area contributed by atoms with Crippen LogP contribution in [0, 0.1) is 17.3 Å². The molecule has 106 valence electrons. The van der Waals surface area contributed by atoms with Gasteiger partial charge in [-0.15, -0.1) is 0 Å². The zero-order chi connectivity index (χ0) is 13.8. The molecule has 1 amide bonds. The van der Waals surface area contributed by atoms with Gasteiger partial charge in [-0.3, -0.25) is 4.79 Å². The van der Waals surface area contributed by atoms with Crippen LogP contribution in [0.4, 0.5) is 0 Å². The van der Waals surface area contributed by atoms with E-state index in [0.717, 1.165) is 6.42 Å². The molecule has 0 aromatic carbocycles. The predicted molar refractivity (Wildman–Crippen MR) is 76.2 cm³/mol. The standard InChI is InChI=1S/C15H30N2O/c1-11(12-7-5-6-8-12)17-14(18)13(10-16)9-15(2,3)4/h11-13H,5-10,16H2,1-4H3,(H,17,18)/t11-,13?/m1/s1. The van der Waals surface area contributed by atoms with Gasteiger partial charge in [-0.2, -0.15) is 0 Å². The second-order valence-corrected chi connectivity index (χ2v) is 7.04. The van der Waals surface area contributed by atoms with Crippen LogP contribution >= 0.6 is 0 Å². The number of carbonyl (C=O) groups is 1. The summed E-state index contributed by atoms with van der Waals surface area (Å²) in [6.45, 7) is 9.05. The molecule has 1 rings (SSSR count). The van der Waals surface area contributed by atoms with Crippen molar-refractivity contribution in [1.82, 2.24) is 5.32 Å². The predicted octanol–water partition coefficient (Wildman–Crippen LogP) is 2.69. The minimum atomic E-state index is -0.0474. The van der Waals surface area contributed by atoms with Crippen LogP contribution in [-0.2, 0) is 4.79 Å². The Kier molecular flexibility index (Phi) is 5.64. The first kappa shape index (κ1) is 15.5. The van der Waals surface area contributed by atoms with Gasteiger partial charge in [-0.25, -0.2) is 0 Å². The number of amides is 1. The van der Waals surface area contributed by atoms with Crippen molar-refractivity contribution in [1.29, 1.82) is 0 Å². The van der Waals surface area contributed by atoms with Crippen LogP contribution in [0.3, 0.4) is 0 Å². The quantitative estimate of drug-likeness (QED) is 0.792. The van der Waals surface area contributed by atoms with E-state index in [1.165, 1.54) is 25.7 Å². The Balaban J connectivity index is 2.46. The first-order chi connectivity index (χ1) is 8.33. The van der Waals surface area contributed by atoms with Gasteiger partial charge in [0.15, 0.2) is 0 Å². The van der Waals surface area contributed by atoms with E-state index in [2.05, 4.69) is 33.0 Å². The lowest BCUT2D eigenvalue weighted by Gasteiger charge is -2.27. The number of nitrogens with one attached hydrogen (secondary N) is 1. The topological polar surface area (TPSA) is 55.1 Å². The third-order valence-electron chi connectivity index (χ3n) is 3.99. The van der Waals surface area contributed by atoms with E-state index in [0.29, 0.717) is 18.5 Å². The Labute approximate surface area is 112 Å². The Hall–Kier alpha value is -0.570. The fraction of sp³-hybridized carbons (Fsp3) is 0.933. The molecule has 1 unspecified atom stereocenters. The van der Waals surface area contributed by atoms with Crippen LogP contribution < -0.4 is 11.1 Å². The van der Waals surface area contributed by atoms with E-state index in [9.17, 15) is 4.79 Å². The molecule has 3 N–H and O–H groups in total. The Bertz CT molecular complexity index is 264. The van der Waals surface area contributed by atoms with Gasteiger partial charge in [0.05, 0.1) is 5.92 Å². The van der Waals surface area contributed by atoms with Gasteiger partial charge in [0, 0.05) is 12.6 Å². The van der Waals surface area contributed by atoms with Gasteiger partial charge in [0.25, 0.3) is 0 Å². The van der Waals surface area contributed by atoms with E-state index in [-0.39, 0.29) is 17.2 Å². The molecular weight excluding hydrogens is 224 g/mol. The summed E-state index contributed by atoms with van der Waals surface area (Å²) in [7, 11) is 0. The molecule has 0 saturated heterocycles. The lowest BCUT2D eigenvalue weighted by molar-refractivity contribution is -0.126. The molecule has 1 aliphatic rings. The van der Waals surface area contributed by atoms with Crippen molar-refractivity contribution in [2.24, 2.45) is 23.0 Å². The molecule has 1 saturated carbocycles. The van der Waals surface area contributed by atoms with Crippen LogP contribution in [0.5, 0.6) is 0 Å². The maximum atomic E-state index is 12.2. The maximum Gasteiger partial charge on any atom is 0.224 e. The largest absolute Gasteiger partial charge is 0.353 e. The fourth-order valence-electron chi connectivity index (χ4n) is 2.94. The third-order valence-corrected chi connectivity index (χ3v) is 3.99. The van der Waals surface area contributed by atoms with E-state index in [4.69, 9.17) is 5.73 Å². The van der Waals surface area contributed by atoms with E-state index < -0.39 is 0 Å². The summed E-state index contributed by atoms with van der Waals surface area (Å²) in [6.07, 6.45) is 6.00. The van der Waals surface area contributed by atoms with Crippen LogP contribution in [-0.4, -0.2) is 18.5 Å². The van der Waals surface area contributed by atoms with Crippen LogP contribution in [0.15, 0.2) is 0 Å². The van der Waals surface area contributed by atoms with Crippen molar-refractivity contribution in [3.05, 3.63) is 0 Å². The van der Waals surface area contributed by atoms with E-state index in [1.54, 1.807) is 0 Å². The number of rotatable bonds is 5. The third kappa shape index (κ3) is 4.97. The summed E-state index contributed by atoms with van der Waals surface area (Å²) in [5, 5.41) is 3.18. The fourth-order valence-corrected chi connectivity index (χ4v) is 2.94. The highest BCUT2D eigenvalue weighted by Crippen LogP contribution is 2.28. The van der Waals surface area contributed by atoms with Crippen LogP contribution in [0.25, 0.3) is 0 Å². The molecule has 0 radical (unpaired) electrons. The Morgan fingerprint density at radius 2 is 1.89 bits per heavy atom. The van der Waals surface area contributed by atoms with Gasteiger partial charge < -0.3 is 11.1 Å². The Morgan fingerprint density at radius 3 is 2.33 bits per heavy atom. The molecule has 0 aromatic rings. The van der Waals surface area contributed by atoms with Gasteiger partial charge in [-0.1, -0.05) is 33.6 Å². The molecule has 0 spiro atoms. The SMILES string of the molecule is C[C@@H](NC(=O)C(CN)CC(C)(C)C)C1CCCC1. The number of carbonyl (C=O) groups excluding carboxylic acids is 1. The van der Waals surface area contributed by atoms with Crippen molar-refractivity contribution in [3.63, 3.8) is 0 Å². The summed E-state index contributed by atoms with van der Waals surface area (Å²) in [5.74, 6) is 0.766. The van der Waals surface area contributed by atoms with Crippen molar-refractivity contribution >= 4 is 5.91 Å². The van der Waals surface area contributed by atoms with Gasteiger partial charge in [0.2, 0.25) is 5.91 Å². The second kappa shape index (κ2) is 6.55. The van der Waals surface area contributed by atoms with Crippen molar-refractivity contribution < 1.29 is 4.79 Å². The summed E-state index contributed by atoms with van der Waals surface area (Å²) in [4.78, 5) is 12.2. The smallest absolute Gasteiger partial charge is 0.224 e. The van der Waals surface area contributed by atoms with Crippen molar-refractivity contribution in [2.45, 2.75) is 65.8 Å². The molecular formula is C15H30N2O. The zero-order valence-electron chi connectivity index (χ0n) is 12.5. The van der Waals surface area contributed by atoms with E-state index in [1.807, 2.05) is 0 Å². The number of hydrogen-bond donors (Lipinski definition) is 2. The lowest BCUT2D eigenvalue weighted by atomic mass is 9.84. The lowest BCUT2D eigenvalue weighted by Crippen LogP contribution is -2.43. The Morgan fingerprint density at radius 1 is 1.33 bits per heavy atom. The molecule has 2 atom stereocenters. The maximum absolute atomic E-state index is 12.2. The monoisotopic (exact) mass is 254 g/mol. The van der Waals surface area contributed by atoms with Gasteiger partial charge in [0.1, 0.15) is 0 Å². The minimum Gasteiger partial charge on any atom is -0.353 e. The number of nitrogens with two attached hydrogens (primary N) is 1. The molecule has 18 heavy (non-hydrogen) atoms. The van der Waals surface area contributed by atoms with Crippen LogP contribution in [0.1, 0.15) is 59.8 Å². The first-order valence-electron chi connectivity index (χ1n) is 7.34. The van der Waals surface area contributed by atoms with Gasteiger partial charge in [-0.05, 0) is 37.5 Å². The first-order valence-corrected chi connectivity index (χ1v) is 7.34. The summed E-state index contributed by atoms with van der Waals surface area (Å²) < 4.78 is 0. The molecule has 0 heterocycles. The average molecular weight is 254 g/mol. The average Bonchev–Trinajstić information content (AvgIpc) is 2.77. The highest BCUT2D eigenvalue weighted by Gasteiger charge is 2.27. The highest BCUT2D eigenvalue weighted by atomic mass is 16.1. The van der Waals surface area contributed by atoms with Crippen molar-refractivity contribution in [2.75, 3.05) is 6.54 Å². The summed E-state index contributed by atoms with van der Waals surface area (Å²) >= 11 is 0. The zero-order valence-corrected chi connectivity index (χ0v) is 12.5. The van der Waals surface area contributed by atoms with Crippen molar-refractivity contribution in [3.8, 4) is 0 Å². The normalized spacial score (nSPS) is 20.7. The molecule has 3 heteroatoms. The second-order valence-electron chi connectivity index (χ2n) is 7.04. The molecule has 3 nitrogen and oxygen atoms in total. The number of hydrogen-bond acceptors (Lipinski definition) is 2. The summed E-state index contributed by atoms with van der Waals surface area (Å²) in [6, 6.07) is 0.300.